The van der Waals surface area contributed by atoms with Crippen molar-refractivity contribution in [1.29, 1.82) is 0 Å². The van der Waals surface area contributed by atoms with Gasteiger partial charge < -0.3 is 4.43 Å². The molecule has 0 unspecified atom stereocenters. The van der Waals surface area contributed by atoms with E-state index in [1.807, 2.05) is 0 Å². The van der Waals surface area contributed by atoms with Crippen LogP contribution < -0.4 is 0 Å². The minimum absolute atomic E-state index is 0.0691. The van der Waals surface area contributed by atoms with Crippen molar-refractivity contribution >= 4 is 10.5 Å². The summed E-state index contributed by atoms with van der Waals surface area (Å²) in [4.78, 5) is 0. The van der Waals surface area contributed by atoms with Crippen LogP contribution in [0, 0.1) is 17.5 Å². The Hall–Kier alpha value is -0.813. The lowest BCUT2D eigenvalue weighted by molar-refractivity contribution is 0.109. The van der Waals surface area contributed by atoms with Crippen molar-refractivity contribution in [1.82, 2.24) is 0 Å². The van der Waals surface area contributed by atoms with Crippen molar-refractivity contribution in [3.63, 3.8) is 0 Å². The number of aryl methyl sites for hydroxylation is 1. The van der Waals surface area contributed by atoms with Gasteiger partial charge in [-0.3, -0.25) is 0 Å². The number of halogens is 3. The van der Waals surface area contributed by atoms with Gasteiger partial charge >= 0.3 is 0 Å². The second kappa shape index (κ2) is 7.10. The van der Waals surface area contributed by atoms with Crippen LogP contribution in [0.25, 0.3) is 0 Å². The second-order valence-electron chi connectivity index (χ2n) is 5.40. The van der Waals surface area contributed by atoms with Crippen LogP contribution >= 0.6 is 0 Å². The molecular formula is C14H21F3OSi. The minimum Gasteiger partial charge on any atom is -0.423 e. The summed E-state index contributed by atoms with van der Waals surface area (Å²) < 4.78 is 44.2. The van der Waals surface area contributed by atoms with Crippen LogP contribution in [0.4, 0.5) is 13.2 Å². The molecule has 0 fully saturated rings. The first-order chi connectivity index (χ1) is 8.85. The summed E-state index contributed by atoms with van der Waals surface area (Å²) >= 11 is 0. The highest BCUT2D eigenvalue weighted by Crippen LogP contribution is 2.19. The van der Waals surface area contributed by atoms with E-state index in [0.29, 0.717) is 12.0 Å². The number of hydrogen-bond donors (Lipinski definition) is 0. The van der Waals surface area contributed by atoms with E-state index in [2.05, 4.69) is 13.8 Å². The van der Waals surface area contributed by atoms with Crippen LogP contribution in [-0.4, -0.2) is 16.1 Å². The molecule has 1 nitrogen and oxygen atoms in total. The molecule has 0 atom stereocenters. The summed E-state index contributed by atoms with van der Waals surface area (Å²) in [5.41, 5.74) is 0.440. The Bertz CT molecular complexity index is 398. The highest BCUT2D eigenvalue weighted by Gasteiger charge is 2.14. The average Bonchev–Trinajstić information content (AvgIpc) is 2.35. The Balaban J connectivity index is 2.34. The van der Waals surface area contributed by atoms with E-state index in [-0.39, 0.29) is 5.60 Å². The molecule has 1 rings (SSSR count). The molecule has 1 aromatic rings. The van der Waals surface area contributed by atoms with Crippen LogP contribution in [0.1, 0.15) is 45.1 Å². The predicted octanol–water partition coefficient (Wildman–Crippen LogP) is 3.28. The first kappa shape index (κ1) is 16.2. The topological polar surface area (TPSA) is 9.23 Å². The van der Waals surface area contributed by atoms with E-state index in [0.717, 1.165) is 48.3 Å². The van der Waals surface area contributed by atoms with Crippen molar-refractivity contribution in [2.45, 2.75) is 51.6 Å². The van der Waals surface area contributed by atoms with E-state index in [1.54, 1.807) is 0 Å². The lowest BCUT2D eigenvalue weighted by atomic mass is 9.99. The van der Waals surface area contributed by atoms with Gasteiger partial charge in [0.2, 0.25) is 0 Å². The second-order valence-corrected chi connectivity index (χ2v) is 5.81. The summed E-state index contributed by atoms with van der Waals surface area (Å²) in [6.45, 7) is 4.12. The summed E-state index contributed by atoms with van der Waals surface area (Å²) in [6, 6.07) is 2.15. The van der Waals surface area contributed by atoms with Crippen molar-refractivity contribution in [3.8, 4) is 0 Å². The maximum atomic E-state index is 13.0. The van der Waals surface area contributed by atoms with Crippen molar-refractivity contribution in [2.75, 3.05) is 0 Å². The highest BCUT2D eigenvalue weighted by molar-refractivity contribution is 5.98. The molecule has 0 aliphatic heterocycles. The Kier molecular flexibility index (Phi) is 6.07. The normalized spacial score (nSPS) is 12.1. The molecule has 0 radical (unpaired) electrons. The molecule has 0 saturated heterocycles. The third-order valence-electron chi connectivity index (χ3n) is 3.34. The molecule has 0 amide bonds. The average molecular weight is 290 g/mol. The van der Waals surface area contributed by atoms with Crippen LogP contribution in [0.3, 0.4) is 0 Å². The Morgan fingerprint density at radius 3 is 2.16 bits per heavy atom. The van der Waals surface area contributed by atoms with E-state index in [4.69, 9.17) is 4.43 Å². The molecule has 0 spiro atoms. The molecule has 5 heteroatoms. The van der Waals surface area contributed by atoms with Gasteiger partial charge in [-0.25, -0.2) is 13.2 Å². The molecule has 108 valence electrons. The third-order valence-corrected chi connectivity index (χ3v) is 4.45. The lowest BCUT2D eigenvalue weighted by Gasteiger charge is -2.23. The van der Waals surface area contributed by atoms with Gasteiger partial charge in [0.25, 0.3) is 0 Å². The first-order valence-corrected chi connectivity index (χ1v) is 7.36. The Labute approximate surface area is 115 Å². The van der Waals surface area contributed by atoms with E-state index in [9.17, 15) is 13.2 Å². The fourth-order valence-electron chi connectivity index (χ4n) is 1.91. The fraction of sp³-hybridized carbons (Fsp3) is 0.571. The molecule has 0 bridgehead atoms. The van der Waals surface area contributed by atoms with E-state index < -0.39 is 17.5 Å². The number of unbranched alkanes of at least 4 members (excludes halogenated alkanes) is 2. The smallest absolute Gasteiger partial charge is 0.194 e. The maximum Gasteiger partial charge on any atom is 0.194 e. The van der Waals surface area contributed by atoms with Gasteiger partial charge in [-0.1, -0.05) is 12.8 Å². The van der Waals surface area contributed by atoms with Crippen LogP contribution in [0.5, 0.6) is 0 Å². The molecule has 0 aliphatic rings. The van der Waals surface area contributed by atoms with Gasteiger partial charge in [0, 0.05) is 5.60 Å². The van der Waals surface area contributed by atoms with Crippen molar-refractivity contribution in [3.05, 3.63) is 35.1 Å². The summed E-state index contributed by atoms with van der Waals surface area (Å²) in [5, 5.41) is 0. The molecule has 19 heavy (non-hydrogen) atoms. The molecule has 0 heterocycles. The predicted molar refractivity (Wildman–Crippen MR) is 73.6 cm³/mol. The third kappa shape index (κ3) is 5.36. The summed E-state index contributed by atoms with van der Waals surface area (Å²) in [7, 11) is 0.725. The minimum atomic E-state index is -1.39. The highest BCUT2D eigenvalue weighted by atomic mass is 28.2. The molecule has 0 aromatic heterocycles. The zero-order chi connectivity index (χ0) is 14.5. The molecule has 0 aliphatic carbocycles. The molecule has 1 aromatic carbocycles. The zero-order valence-corrected chi connectivity index (χ0v) is 13.7. The Morgan fingerprint density at radius 1 is 1.05 bits per heavy atom. The Morgan fingerprint density at radius 2 is 1.63 bits per heavy atom. The first-order valence-electron chi connectivity index (χ1n) is 6.54. The lowest BCUT2D eigenvalue weighted by Crippen LogP contribution is -2.22. The monoisotopic (exact) mass is 290 g/mol. The number of benzene rings is 1. The molecule has 0 N–H and O–H groups in total. The van der Waals surface area contributed by atoms with Crippen molar-refractivity contribution < 1.29 is 17.6 Å². The number of hydrogen-bond acceptors (Lipinski definition) is 1. The molecular weight excluding hydrogens is 269 g/mol. The van der Waals surface area contributed by atoms with E-state index >= 15 is 0 Å². The largest absolute Gasteiger partial charge is 0.423 e. The fourth-order valence-corrected chi connectivity index (χ4v) is 2.12. The molecule has 0 saturated carbocycles. The standard InChI is InChI=1S/C14H21F3OSi/c1-14(2,18-19)7-5-3-4-6-10-8-11(15)13(17)12(16)9-10/h8-9H,3-7H2,1-2,19H3. The van der Waals surface area contributed by atoms with Crippen LogP contribution in [-0.2, 0) is 10.8 Å². The van der Waals surface area contributed by atoms with Gasteiger partial charge in [-0.05, 0) is 50.8 Å². The van der Waals surface area contributed by atoms with Crippen molar-refractivity contribution in [2.24, 2.45) is 0 Å². The van der Waals surface area contributed by atoms with Crippen LogP contribution in [0.15, 0.2) is 12.1 Å². The zero-order valence-electron chi connectivity index (χ0n) is 11.7. The van der Waals surface area contributed by atoms with Gasteiger partial charge in [0.15, 0.2) is 17.5 Å². The van der Waals surface area contributed by atoms with Crippen LogP contribution in [0.2, 0.25) is 0 Å². The van der Waals surface area contributed by atoms with Gasteiger partial charge in [-0.2, -0.15) is 0 Å². The van der Waals surface area contributed by atoms with Gasteiger partial charge in [0.1, 0.15) is 10.5 Å². The summed E-state index contributed by atoms with van der Waals surface area (Å²) in [6.07, 6.45) is 4.36. The maximum absolute atomic E-state index is 13.0. The summed E-state index contributed by atoms with van der Waals surface area (Å²) in [5.74, 6) is -3.62. The van der Waals surface area contributed by atoms with E-state index in [1.165, 1.54) is 0 Å². The van der Waals surface area contributed by atoms with Gasteiger partial charge in [-0.15, -0.1) is 0 Å². The quantitative estimate of drug-likeness (QED) is 0.425. The SMILES string of the molecule is CC(C)(CCCCCc1cc(F)c(F)c(F)c1)O[SiH3]. The van der Waals surface area contributed by atoms with Gasteiger partial charge in [0.05, 0.1) is 0 Å². The number of rotatable bonds is 7.